The molecule has 0 bridgehead atoms. The maximum atomic E-state index is 12.9. The SMILES string of the molecule is O=C(NCc1ccc(C2OC(CN(Cc3ccccc3)Cc3ccccc3)CC(c3ccc(CO)cc3)O2)cc1)c1cnc2ccccc2n1. The molecule has 1 aliphatic rings. The lowest BCUT2D eigenvalue weighted by Crippen LogP contribution is -2.39. The highest BCUT2D eigenvalue weighted by atomic mass is 16.7. The zero-order valence-corrected chi connectivity index (χ0v) is 27.8. The van der Waals surface area contributed by atoms with E-state index in [0.717, 1.165) is 47.4 Å². The fourth-order valence-corrected chi connectivity index (χ4v) is 6.32. The first-order valence-corrected chi connectivity index (χ1v) is 17.0. The molecule has 3 atom stereocenters. The molecule has 1 fully saturated rings. The van der Waals surface area contributed by atoms with Crippen molar-refractivity contribution in [2.24, 2.45) is 0 Å². The van der Waals surface area contributed by atoms with Gasteiger partial charge in [0, 0.05) is 38.2 Å². The van der Waals surface area contributed by atoms with Crippen molar-refractivity contribution in [2.45, 2.75) is 51.2 Å². The van der Waals surface area contributed by atoms with Crippen LogP contribution in [0.5, 0.6) is 0 Å². The van der Waals surface area contributed by atoms with Crippen molar-refractivity contribution in [1.29, 1.82) is 0 Å². The Bertz CT molecular complexity index is 1950. The molecule has 252 valence electrons. The first kappa shape index (κ1) is 33.3. The number of carbonyl (C=O) groups excluding carboxylic acids is 1. The Balaban J connectivity index is 1.07. The molecule has 0 radical (unpaired) electrons. The lowest BCUT2D eigenvalue weighted by Gasteiger charge is -2.38. The Morgan fingerprint density at radius 2 is 1.30 bits per heavy atom. The minimum absolute atomic E-state index is 0.00341. The number of aromatic nitrogens is 2. The van der Waals surface area contributed by atoms with Crippen molar-refractivity contribution in [2.75, 3.05) is 6.54 Å². The largest absolute Gasteiger partial charge is 0.392 e. The first-order valence-electron chi connectivity index (χ1n) is 17.0. The van der Waals surface area contributed by atoms with Crippen molar-refractivity contribution in [3.05, 3.63) is 179 Å². The van der Waals surface area contributed by atoms with Gasteiger partial charge in [-0.2, -0.15) is 0 Å². The normalized spacial score (nSPS) is 17.5. The van der Waals surface area contributed by atoms with E-state index in [-0.39, 0.29) is 30.4 Å². The number of benzene rings is 5. The molecule has 0 spiro atoms. The lowest BCUT2D eigenvalue weighted by molar-refractivity contribution is -0.253. The lowest BCUT2D eigenvalue weighted by atomic mass is 9.99. The van der Waals surface area contributed by atoms with Crippen molar-refractivity contribution >= 4 is 16.9 Å². The number of ether oxygens (including phenoxy) is 2. The summed E-state index contributed by atoms with van der Waals surface area (Å²) in [5, 5.41) is 12.6. The number of fused-ring (bicyclic) bond motifs is 1. The number of nitrogens with one attached hydrogen (secondary N) is 1. The maximum Gasteiger partial charge on any atom is 0.271 e. The highest BCUT2D eigenvalue weighted by molar-refractivity contribution is 5.93. The van der Waals surface area contributed by atoms with Gasteiger partial charge in [0.2, 0.25) is 0 Å². The second-order valence-corrected chi connectivity index (χ2v) is 12.7. The van der Waals surface area contributed by atoms with Crippen LogP contribution in [0, 0.1) is 0 Å². The number of hydrogen-bond acceptors (Lipinski definition) is 7. The van der Waals surface area contributed by atoms with Crippen LogP contribution in [0.1, 0.15) is 62.7 Å². The van der Waals surface area contributed by atoms with Crippen LogP contribution in [0.3, 0.4) is 0 Å². The Morgan fingerprint density at radius 3 is 1.96 bits per heavy atom. The van der Waals surface area contributed by atoms with Crippen LogP contribution in [-0.4, -0.2) is 38.5 Å². The van der Waals surface area contributed by atoms with Gasteiger partial charge in [0.1, 0.15) is 5.69 Å². The van der Waals surface area contributed by atoms with Gasteiger partial charge in [-0.25, -0.2) is 4.98 Å². The van der Waals surface area contributed by atoms with Crippen molar-refractivity contribution in [3.8, 4) is 0 Å². The molecule has 1 amide bonds. The number of para-hydroxylation sites is 2. The summed E-state index contributed by atoms with van der Waals surface area (Å²) in [7, 11) is 0. The van der Waals surface area contributed by atoms with Crippen molar-refractivity contribution < 1.29 is 19.4 Å². The van der Waals surface area contributed by atoms with Gasteiger partial charge in [-0.3, -0.25) is 14.7 Å². The second-order valence-electron chi connectivity index (χ2n) is 12.7. The second kappa shape index (κ2) is 16.0. The maximum absolute atomic E-state index is 12.9. The van der Waals surface area contributed by atoms with Crippen LogP contribution >= 0.6 is 0 Å². The molecular weight excluding hydrogens is 624 g/mol. The number of hydrogen-bond donors (Lipinski definition) is 2. The van der Waals surface area contributed by atoms with E-state index >= 15 is 0 Å². The monoisotopic (exact) mass is 664 g/mol. The predicted octanol–water partition coefficient (Wildman–Crippen LogP) is 7.30. The van der Waals surface area contributed by atoms with Crippen LogP contribution in [0.25, 0.3) is 11.0 Å². The summed E-state index contributed by atoms with van der Waals surface area (Å²) in [6, 6.07) is 44.5. The molecule has 2 heterocycles. The van der Waals surface area contributed by atoms with E-state index in [1.807, 2.05) is 84.9 Å². The predicted molar refractivity (Wildman–Crippen MR) is 193 cm³/mol. The van der Waals surface area contributed by atoms with Gasteiger partial charge in [0.15, 0.2) is 6.29 Å². The van der Waals surface area contributed by atoms with E-state index in [1.165, 1.54) is 17.3 Å². The van der Waals surface area contributed by atoms with Crippen LogP contribution in [-0.2, 0) is 35.7 Å². The van der Waals surface area contributed by atoms with E-state index in [1.54, 1.807) is 0 Å². The van der Waals surface area contributed by atoms with Gasteiger partial charge in [-0.1, -0.05) is 121 Å². The highest BCUT2D eigenvalue weighted by Crippen LogP contribution is 2.38. The zero-order chi connectivity index (χ0) is 34.1. The molecular formula is C42H40N4O4. The molecule has 5 aromatic carbocycles. The van der Waals surface area contributed by atoms with Crippen molar-refractivity contribution in [1.82, 2.24) is 20.2 Å². The molecule has 8 nitrogen and oxygen atoms in total. The van der Waals surface area contributed by atoms with Gasteiger partial charge in [-0.05, 0) is 39.9 Å². The van der Waals surface area contributed by atoms with E-state index < -0.39 is 6.29 Å². The topological polar surface area (TPSA) is 96.8 Å². The first-order chi connectivity index (χ1) is 24.6. The number of rotatable bonds is 12. The minimum Gasteiger partial charge on any atom is -0.392 e. The van der Waals surface area contributed by atoms with E-state index in [2.05, 4.69) is 68.7 Å². The van der Waals surface area contributed by atoms with Crippen LogP contribution in [0.2, 0.25) is 0 Å². The van der Waals surface area contributed by atoms with Crippen LogP contribution in [0.15, 0.2) is 140 Å². The summed E-state index contributed by atoms with van der Waals surface area (Å²) in [5.74, 6) is -0.278. The fraction of sp³-hybridized carbons (Fsp3) is 0.214. The molecule has 8 heteroatoms. The highest BCUT2D eigenvalue weighted by Gasteiger charge is 2.33. The quantitative estimate of drug-likeness (QED) is 0.142. The van der Waals surface area contributed by atoms with E-state index in [4.69, 9.17) is 9.47 Å². The van der Waals surface area contributed by atoms with Gasteiger partial charge < -0.3 is 19.9 Å². The summed E-state index contributed by atoms with van der Waals surface area (Å²) in [6.07, 6.45) is 1.32. The molecule has 1 saturated heterocycles. The van der Waals surface area contributed by atoms with E-state index in [9.17, 15) is 9.90 Å². The number of nitrogens with zero attached hydrogens (tertiary/aromatic N) is 3. The number of aliphatic hydroxyl groups is 1. The van der Waals surface area contributed by atoms with Gasteiger partial charge in [-0.15, -0.1) is 0 Å². The Labute approximate surface area is 292 Å². The number of aliphatic hydroxyl groups excluding tert-OH is 1. The third-order valence-corrected chi connectivity index (χ3v) is 8.96. The average Bonchev–Trinajstić information content (AvgIpc) is 3.17. The third kappa shape index (κ3) is 8.48. The minimum atomic E-state index is -0.580. The fourth-order valence-electron chi connectivity index (χ4n) is 6.32. The Hall–Kier alpha value is -5.25. The number of amides is 1. The summed E-state index contributed by atoms with van der Waals surface area (Å²) >= 11 is 0. The molecule has 0 aliphatic carbocycles. The number of carbonyl (C=O) groups is 1. The van der Waals surface area contributed by atoms with Crippen molar-refractivity contribution in [3.63, 3.8) is 0 Å². The summed E-state index contributed by atoms with van der Waals surface area (Å²) in [5.41, 5.74) is 7.96. The average molecular weight is 665 g/mol. The Morgan fingerprint density at radius 1 is 0.700 bits per heavy atom. The molecule has 3 unspecified atom stereocenters. The zero-order valence-electron chi connectivity index (χ0n) is 27.8. The third-order valence-electron chi connectivity index (χ3n) is 8.96. The molecule has 7 rings (SSSR count). The molecule has 1 aromatic heterocycles. The molecule has 50 heavy (non-hydrogen) atoms. The van der Waals surface area contributed by atoms with E-state index in [0.29, 0.717) is 18.5 Å². The molecule has 6 aromatic rings. The summed E-state index contributed by atoms with van der Waals surface area (Å²) in [6.45, 7) is 2.65. The van der Waals surface area contributed by atoms with Gasteiger partial charge in [0.25, 0.3) is 5.91 Å². The smallest absolute Gasteiger partial charge is 0.271 e. The summed E-state index contributed by atoms with van der Waals surface area (Å²) < 4.78 is 13.3. The van der Waals surface area contributed by atoms with Gasteiger partial charge >= 0.3 is 0 Å². The Kier molecular flexibility index (Phi) is 10.6. The molecule has 0 saturated carbocycles. The van der Waals surface area contributed by atoms with Gasteiger partial charge in [0.05, 0.1) is 36.0 Å². The molecule has 2 N–H and O–H groups in total. The van der Waals surface area contributed by atoms with Crippen LogP contribution in [0.4, 0.5) is 0 Å². The summed E-state index contributed by atoms with van der Waals surface area (Å²) in [4.78, 5) is 24.1. The molecule has 1 aliphatic heterocycles. The standard InChI is InChI=1S/C42H40N4O4/c47-29-33-17-19-34(20-18-33)40-23-36(28-46(26-31-9-3-1-4-10-31)27-32-11-5-2-6-12-32)49-42(50-40)35-21-15-30(16-22-35)24-44-41(48)39-25-43-37-13-7-8-14-38(37)45-39/h1-22,25,36,40,42,47H,23-24,26-29H2,(H,44,48). The van der Waals surface area contributed by atoms with Crippen LogP contribution < -0.4 is 5.32 Å².